The zero-order valence-corrected chi connectivity index (χ0v) is 17.4. The van der Waals surface area contributed by atoms with Crippen molar-refractivity contribution >= 4 is 51.0 Å². The molecule has 0 spiro atoms. The summed E-state index contributed by atoms with van der Waals surface area (Å²) in [6.45, 7) is 0. The number of carbonyl (C=O) groups excluding carboxylic acids is 2. The predicted octanol–water partition coefficient (Wildman–Crippen LogP) is 5.32. The maximum absolute atomic E-state index is 13.1. The van der Waals surface area contributed by atoms with Crippen LogP contribution in [-0.4, -0.2) is 30.6 Å². The lowest BCUT2D eigenvalue weighted by Gasteiger charge is -2.16. The molecule has 4 rings (SSSR count). The van der Waals surface area contributed by atoms with Gasteiger partial charge in [-0.05, 0) is 59.7 Å². The summed E-state index contributed by atoms with van der Waals surface area (Å²) in [5, 5.41) is 1.67. The summed E-state index contributed by atoms with van der Waals surface area (Å²) in [4.78, 5) is 26.8. The Hall–Kier alpha value is -2.70. The molecule has 0 radical (unpaired) electrons. The predicted molar refractivity (Wildman–Crippen MR) is 116 cm³/mol. The molecule has 0 aliphatic carbocycles. The molecule has 1 heterocycles. The number of imide groups is 1. The third-order valence-corrected chi connectivity index (χ3v) is 6.20. The number of halogens is 1. The monoisotopic (exact) mass is 427 g/mol. The number of rotatable bonds is 5. The Bertz CT molecular complexity index is 1090. The molecule has 0 bridgehead atoms. The molecular formula is C22H18ClNO4S. The molecule has 1 atom stereocenters. The van der Waals surface area contributed by atoms with Gasteiger partial charge in [0.15, 0.2) is 0 Å². The highest BCUT2D eigenvalue weighted by atomic mass is 35.5. The second kappa shape index (κ2) is 7.97. The van der Waals surface area contributed by atoms with Crippen LogP contribution in [0.15, 0.2) is 54.6 Å². The topological polar surface area (TPSA) is 55.8 Å². The average Bonchev–Trinajstić information content (AvgIpc) is 3.01. The highest BCUT2D eigenvalue weighted by Gasteiger charge is 2.41. The van der Waals surface area contributed by atoms with Gasteiger partial charge >= 0.3 is 0 Å². The molecule has 0 aromatic heterocycles. The van der Waals surface area contributed by atoms with Crippen molar-refractivity contribution in [2.45, 2.75) is 11.7 Å². The van der Waals surface area contributed by atoms with E-state index >= 15 is 0 Å². The summed E-state index contributed by atoms with van der Waals surface area (Å²) in [6, 6.07) is 16.3. The lowest BCUT2D eigenvalue weighted by Crippen LogP contribution is -2.32. The van der Waals surface area contributed by atoms with E-state index in [4.69, 9.17) is 21.1 Å². The highest BCUT2D eigenvalue weighted by Crippen LogP contribution is 2.38. The number of ether oxygens (including phenoxy) is 2. The summed E-state index contributed by atoms with van der Waals surface area (Å²) >= 11 is 6.95. The molecule has 3 aromatic rings. The van der Waals surface area contributed by atoms with Gasteiger partial charge in [-0.2, -0.15) is 0 Å². The fourth-order valence-electron chi connectivity index (χ4n) is 3.47. The van der Waals surface area contributed by atoms with Gasteiger partial charge in [0.25, 0.3) is 5.24 Å². The first-order chi connectivity index (χ1) is 14.0. The Labute approximate surface area is 177 Å². The van der Waals surface area contributed by atoms with Gasteiger partial charge in [-0.3, -0.25) is 9.59 Å². The molecule has 2 amide bonds. The Balaban J connectivity index is 1.70. The fraction of sp³-hybridized carbons (Fsp3) is 0.182. The molecule has 7 heteroatoms. The maximum atomic E-state index is 13.1. The van der Waals surface area contributed by atoms with Crippen LogP contribution in [0, 0.1) is 0 Å². The van der Waals surface area contributed by atoms with Crippen molar-refractivity contribution in [1.29, 1.82) is 0 Å². The minimum Gasteiger partial charge on any atom is -0.497 e. The number of carbonyl (C=O) groups is 2. The van der Waals surface area contributed by atoms with Crippen LogP contribution in [0.25, 0.3) is 10.8 Å². The van der Waals surface area contributed by atoms with E-state index in [0.29, 0.717) is 22.9 Å². The van der Waals surface area contributed by atoms with Crippen LogP contribution in [0.4, 0.5) is 10.5 Å². The zero-order chi connectivity index (χ0) is 20.5. The summed E-state index contributed by atoms with van der Waals surface area (Å²) in [5.41, 5.74) is 1.39. The lowest BCUT2D eigenvalue weighted by atomic mass is 9.98. The normalized spacial score (nSPS) is 16.5. The van der Waals surface area contributed by atoms with E-state index < -0.39 is 5.25 Å². The zero-order valence-electron chi connectivity index (χ0n) is 15.8. The number of methoxy groups -OCH3 is 2. The number of hydrogen-bond acceptors (Lipinski definition) is 5. The molecule has 0 saturated carbocycles. The van der Waals surface area contributed by atoms with E-state index in [2.05, 4.69) is 0 Å². The van der Waals surface area contributed by atoms with Crippen LogP contribution in [0.5, 0.6) is 11.5 Å². The number of amides is 2. The Morgan fingerprint density at radius 2 is 1.72 bits per heavy atom. The molecule has 148 valence electrons. The first kappa shape index (κ1) is 19.6. The van der Waals surface area contributed by atoms with Crippen LogP contribution in [-0.2, 0) is 11.2 Å². The standard InChI is InChI=1S/C22H18ClNO4S/c1-27-16-9-3-13-4-10-19(28-2)18(17(13)11-16)12-20-21(25)24(22(26)29-20)15-7-5-14(23)6-8-15/h3-11,20H,12H2,1-2H3/t20-/m1/s1. The van der Waals surface area contributed by atoms with Gasteiger partial charge in [0.2, 0.25) is 5.91 Å². The van der Waals surface area contributed by atoms with E-state index in [1.54, 1.807) is 38.5 Å². The third kappa shape index (κ3) is 3.66. The Morgan fingerprint density at radius 3 is 2.41 bits per heavy atom. The van der Waals surface area contributed by atoms with Crippen molar-refractivity contribution in [1.82, 2.24) is 0 Å². The Kier molecular flexibility index (Phi) is 5.39. The summed E-state index contributed by atoms with van der Waals surface area (Å²) in [6.07, 6.45) is 0.368. The average molecular weight is 428 g/mol. The fourth-order valence-corrected chi connectivity index (χ4v) is 4.59. The minimum absolute atomic E-state index is 0.246. The molecule has 1 fully saturated rings. The van der Waals surface area contributed by atoms with Crippen LogP contribution in [0.3, 0.4) is 0 Å². The van der Waals surface area contributed by atoms with E-state index in [1.165, 1.54) is 4.90 Å². The SMILES string of the molecule is COc1ccc2ccc(OC)c(C[C@H]3SC(=O)N(c4ccc(Cl)cc4)C3=O)c2c1. The van der Waals surface area contributed by atoms with E-state index in [9.17, 15) is 9.59 Å². The summed E-state index contributed by atoms with van der Waals surface area (Å²) in [5.74, 6) is 1.15. The van der Waals surface area contributed by atoms with Crippen molar-refractivity contribution in [2.24, 2.45) is 0 Å². The number of anilines is 1. The molecule has 3 aromatic carbocycles. The number of nitrogens with zero attached hydrogens (tertiary/aromatic N) is 1. The van der Waals surface area contributed by atoms with Gasteiger partial charge in [0.1, 0.15) is 11.5 Å². The van der Waals surface area contributed by atoms with Crippen LogP contribution >= 0.6 is 23.4 Å². The Morgan fingerprint density at radius 1 is 1.00 bits per heavy atom. The quantitative estimate of drug-likeness (QED) is 0.551. The van der Waals surface area contributed by atoms with Crippen molar-refractivity contribution in [3.63, 3.8) is 0 Å². The van der Waals surface area contributed by atoms with Crippen LogP contribution in [0.2, 0.25) is 5.02 Å². The third-order valence-electron chi connectivity index (χ3n) is 4.91. The maximum Gasteiger partial charge on any atom is 0.293 e. The van der Waals surface area contributed by atoms with Gasteiger partial charge < -0.3 is 9.47 Å². The largest absolute Gasteiger partial charge is 0.497 e. The molecule has 1 saturated heterocycles. The minimum atomic E-state index is -0.538. The lowest BCUT2D eigenvalue weighted by molar-refractivity contribution is -0.117. The first-order valence-electron chi connectivity index (χ1n) is 8.95. The van der Waals surface area contributed by atoms with Crippen LogP contribution in [0.1, 0.15) is 5.56 Å². The number of benzene rings is 3. The van der Waals surface area contributed by atoms with E-state index in [-0.39, 0.29) is 11.1 Å². The van der Waals surface area contributed by atoms with E-state index in [0.717, 1.165) is 33.8 Å². The van der Waals surface area contributed by atoms with E-state index in [1.807, 2.05) is 30.3 Å². The molecule has 1 aliphatic rings. The second-order valence-electron chi connectivity index (χ2n) is 6.56. The van der Waals surface area contributed by atoms with Crippen LogP contribution < -0.4 is 14.4 Å². The van der Waals surface area contributed by atoms with Gasteiger partial charge in [0.05, 0.1) is 25.2 Å². The molecule has 1 aliphatic heterocycles. The number of fused-ring (bicyclic) bond motifs is 1. The van der Waals surface area contributed by atoms with Crippen molar-refractivity contribution < 1.29 is 19.1 Å². The molecule has 0 unspecified atom stereocenters. The first-order valence-corrected chi connectivity index (χ1v) is 10.2. The molecular weight excluding hydrogens is 410 g/mol. The number of thioether (sulfide) groups is 1. The highest BCUT2D eigenvalue weighted by molar-refractivity contribution is 8.15. The molecule has 0 N–H and O–H groups in total. The summed E-state index contributed by atoms with van der Waals surface area (Å²) in [7, 11) is 3.21. The van der Waals surface area contributed by atoms with Crippen molar-refractivity contribution in [3.8, 4) is 11.5 Å². The summed E-state index contributed by atoms with van der Waals surface area (Å²) < 4.78 is 10.9. The van der Waals surface area contributed by atoms with Crippen molar-refractivity contribution in [2.75, 3.05) is 19.1 Å². The second-order valence-corrected chi connectivity index (χ2v) is 8.15. The van der Waals surface area contributed by atoms with Gasteiger partial charge in [-0.15, -0.1) is 0 Å². The van der Waals surface area contributed by atoms with Crippen molar-refractivity contribution in [3.05, 3.63) is 65.2 Å². The van der Waals surface area contributed by atoms with Gasteiger partial charge in [0, 0.05) is 10.6 Å². The van der Waals surface area contributed by atoms with Gasteiger partial charge in [-0.25, -0.2) is 4.90 Å². The smallest absolute Gasteiger partial charge is 0.293 e. The number of hydrogen-bond donors (Lipinski definition) is 0. The molecule has 5 nitrogen and oxygen atoms in total. The molecule has 29 heavy (non-hydrogen) atoms. The van der Waals surface area contributed by atoms with Gasteiger partial charge in [-0.1, -0.05) is 35.5 Å².